The molecule has 0 bridgehead atoms. The molecule has 2 aliphatic heterocycles. The molecule has 2 heterocycles. The maximum atomic E-state index is 12.8. The largest absolute Gasteiger partial charge is 0.491 e. The maximum absolute atomic E-state index is 12.8. The molecule has 4 rings (SSSR count). The normalized spacial score (nSPS) is 17.8. The second-order valence-corrected chi connectivity index (χ2v) is 9.19. The lowest BCUT2D eigenvalue weighted by atomic mass is 9.99. The summed E-state index contributed by atoms with van der Waals surface area (Å²) in [6, 6.07) is 13.3. The van der Waals surface area contributed by atoms with Crippen molar-refractivity contribution in [1.29, 1.82) is 10.8 Å². The van der Waals surface area contributed by atoms with Crippen molar-refractivity contribution in [3.63, 3.8) is 0 Å². The number of amidine groups is 1. The fraction of sp³-hybridized carbons (Fsp3) is 0.444. The summed E-state index contributed by atoms with van der Waals surface area (Å²) in [5.41, 5.74) is 8.56. The first-order valence-electron chi connectivity index (χ1n) is 12.4. The van der Waals surface area contributed by atoms with Gasteiger partial charge in [0.1, 0.15) is 18.1 Å². The highest BCUT2D eigenvalue weighted by Gasteiger charge is 2.27. The summed E-state index contributed by atoms with van der Waals surface area (Å²) in [6.07, 6.45) is 1.96. The molecule has 192 valence electrons. The van der Waals surface area contributed by atoms with Gasteiger partial charge in [0.2, 0.25) is 6.10 Å². The van der Waals surface area contributed by atoms with Gasteiger partial charge in [0.25, 0.3) is 0 Å². The topological polar surface area (TPSA) is 125 Å². The number of hydrogen-bond acceptors (Lipinski definition) is 6. The number of carbonyl (C=O) groups excluding carboxylic acids is 1. The SMILES string of the molecule is CCOC(=O)C(Oc1ccc2c(c1)CN(C(=N)N)CC2)c1ccc(OCC2CCCN2C(C)=N)cc1. The van der Waals surface area contributed by atoms with E-state index in [9.17, 15) is 4.79 Å². The van der Waals surface area contributed by atoms with Crippen molar-refractivity contribution in [2.45, 2.75) is 51.8 Å². The Balaban J connectivity index is 1.46. The zero-order valence-corrected chi connectivity index (χ0v) is 21.0. The number of fused-ring (bicyclic) bond motifs is 1. The lowest BCUT2D eigenvalue weighted by Gasteiger charge is -2.29. The molecule has 2 aromatic carbocycles. The molecule has 2 unspecified atom stereocenters. The minimum absolute atomic E-state index is 0.0484. The van der Waals surface area contributed by atoms with Crippen LogP contribution in [0.2, 0.25) is 0 Å². The summed E-state index contributed by atoms with van der Waals surface area (Å²) in [4.78, 5) is 16.7. The van der Waals surface area contributed by atoms with Crippen molar-refractivity contribution in [2.75, 3.05) is 26.3 Å². The summed E-state index contributed by atoms with van der Waals surface area (Å²) in [7, 11) is 0. The van der Waals surface area contributed by atoms with Gasteiger partial charge >= 0.3 is 5.97 Å². The Hall–Kier alpha value is -3.75. The summed E-state index contributed by atoms with van der Waals surface area (Å²) in [5.74, 6) is 1.42. The molecule has 2 atom stereocenters. The Morgan fingerprint density at radius 2 is 1.86 bits per heavy atom. The van der Waals surface area contributed by atoms with Gasteiger partial charge in [-0.2, -0.15) is 0 Å². The summed E-state index contributed by atoms with van der Waals surface area (Å²) < 4.78 is 17.4. The Morgan fingerprint density at radius 3 is 2.56 bits per heavy atom. The highest BCUT2D eigenvalue weighted by molar-refractivity contribution is 5.77. The van der Waals surface area contributed by atoms with Crippen LogP contribution in [0.15, 0.2) is 42.5 Å². The number of likely N-dealkylation sites (tertiary alicyclic amines) is 1. The Morgan fingerprint density at radius 1 is 1.11 bits per heavy atom. The van der Waals surface area contributed by atoms with E-state index in [1.807, 2.05) is 54.3 Å². The van der Waals surface area contributed by atoms with E-state index < -0.39 is 12.1 Å². The fourth-order valence-electron chi connectivity index (χ4n) is 4.80. The molecule has 0 saturated carbocycles. The number of guanidine groups is 1. The third kappa shape index (κ3) is 5.90. The van der Waals surface area contributed by atoms with Crippen molar-refractivity contribution in [3.05, 3.63) is 59.2 Å². The van der Waals surface area contributed by atoms with Crippen molar-refractivity contribution in [2.24, 2.45) is 5.73 Å². The summed E-state index contributed by atoms with van der Waals surface area (Å²) in [5, 5.41) is 15.6. The van der Waals surface area contributed by atoms with Gasteiger partial charge in [0.05, 0.1) is 18.5 Å². The third-order valence-electron chi connectivity index (χ3n) is 6.72. The number of carbonyl (C=O) groups is 1. The van der Waals surface area contributed by atoms with E-state index in [0.717, 1.165) is 31.4 Å². The average molecular weight is 494 g/mol. The van der Waals surface area contributed by atoms with E-state index in [2.05, 4.69) is 4.90 Å². The lowest BCUT2D eigenvalue weighted by molar-refractivity contribution is -0.151. The smallest absolute Gasteiger partial charge is 0.352 e. The fourth-order valence-corrected chi connectivity index (χ4v) is 4.80. The summed E-state index contributed by atoms with van der Waals surface area (Å²) >= 11 is 0. The van der Waals surface area contributed by atoms with E-state index in [0.29, 0.717) is 42.6 Å². The molecule has 0 amide bonds. The number of rotatable bonds is 8. The first-order valence-corrected chi connectivity index (χ1v) is 12.4. The van der Waals surface area contributed by atoms with Crippen LogP contribution in [-0.4, -0.2) is 59.9 Å². The molecule has 36 heavy (non-hydrogen) atoms. The number of ether oxygens (including phenoxy) is 3. The van der Waals surface area contributed by atoms with Gasteiger partial charge in [-0.1, -0.05) is 18.2 Å². The van der Waals surface area contributed by atoms with Crippen LogP contribution in [0.4, 0.5) is 0 Å². The standard InChI is InChI=1S/C27H35N5O4/c1-3-34-26(33)25(36-24-11-6-19-12-14-31(27(29)30)16-21(19)15-24)20-7-9-23(10-8-20)35-17-22-5-4-13-32(22)18(2)28/h6-11,15,22,25,28H,3-5,12-14,16-17H2,1-2H3,(H3,29,30). The van der Waals surface area contributed by atoms with Crippen LogP contribution in [0.3, 0.4) is 0 Å². The van der Waals surface area contributed by atoms with Crippen molar-refractivity contribution in [3.8, 4) is 11.5 Å². The number of hydrogen-bond donors (Lipinski definition) is 3. The Bertz CT molecular complexity index is 1100. The van der Waals surface area contributed by atoms with Crippen LogP contribution < -0.4 is 15.2 Å². The zero-order valence-electron chi connectivity index (χ0n) is 21.0. The predicted molar refractivity (Wildman–Crippen MR) is 138 cm³/mol. The lowest BCUT2D eigenvalue weighted by Crippen LogP contribution is -2.40. The van der Waals surface area contributed by atoms with E-state index in [4.69, 9.17) is 30.8 Å². The molecular formula is C27H35N5O4. The Labute approximate surface area is 212 Å². The predicted octanol–water partition coefficient (Wildman–Crippen LogP) is 3.46. The van der Waals surface area contributed by atoms with E-state index in [-0.39, 0.29) is 18.6 Å². The van der Waals surface area contributed by atoms with Gasteiger partial charge in [-0.25, -0.2) is 4.79 Å². The molecule has 0 aromatic heterocycles. The molecule has 0 radical (unpaired) electrons. The number of esters is 1. The van der Waals surface area contributed by atoms with Gasteiger partial charge in [-0.15, -0.1) is 0 Å². The van der Waals surface area contributed by atoms with Gasteiger partial charge in [-0.05, 0) is 68.5 Å². The molecule has 4 N–H and O–H groups in total. The van der Waals surface area contributed by atoms with Gasteiger partial charge < -0.3 is 29.7 Å². The van der Waals surface area contributed by atoms with Crippen molar-refractivity contribution < 1.29 is 19.0 Å². The van der Waals surface area contributed by atoms with Gasteiger partial charge in [-0.3, -0.25) is 10.8 Å². The average Bonchev–Trinajstić information content (AvgIpc) is 3.35. The van der Waals surface area contributed by atoms with Crippen LogP contribution >= 0.6 is 0 Å². The number of nitrogens with one attached hydrogen (secondary N) is 2. The molecule has 2 aromatic rings. The van der Waals surface area contributed by atoms with E-state index in [1.54, 1.807) is 6.92 Å². The molecule has 0 spiro atoms. The monoisotopic (exact) mass is 493 g/mol. The molecule has 1 saturated heterocycles. The molecule has 0 aliphatic carbocycles. The molecule has 1 fully saturated rings. The van der Waals surface area contributed by atoms with Crippen LogP contribution in [0, 0.1) is 10.8 Å². The first-order chi connectivity index (χ1) is 17.4. The third-order valence-corrected chi connectivity index (χ3v) is 6.72. The zero-order chi connectivity index (χ0) is 25.7. The highest BCUT2D eigenvalue weighted by atomic mass is 16.6. The summed E-state index contributed by atoms with van der Waals surface area (Å²) in [6.45, 7) is 6.49. The highest BCUT2D eigenvalue weighted by Crippen LogP contribution is 2.29. The minimum atomic E-state index is -0.921. The van der Waals surface area contributed by atoms with Gasteiger partial charge in [0.15, 0.2) is 5.96 Å². The van der Waals surface area contributed by atoms with Crippen LogP contribution in [-0.2, 0) is 22.5 Å². The molecular weight excluding hydrogens is 458 g/mol. The van der Waals surface area contributed by atoms with Crippen LogP contribution in [0.1, 0.15) is 49.5 Å². The van der Waals surface area contributed by atoms with Crippen molar-refractivity contribution in [1.82, 2.24) is 9.80 Å². The Kier molecular flexibility index (Phi) is 7.97. The van der Waals surface area contributed by atoms with Crippen LogP contribution in [0.5, 0.6) is 11.5 Å². The second-order valence-electron chi connectivity index (χ2n) is 9.19. The van der Waals surface area contributed by atoms with E-state index in [1.165, 1.54) is 5.56 Å². The minimum Gasteiger partial charge on any atom is -0.491 e. The number of nitrogens with zero attached hydrogens (tertiary/aromatic N) is 2. The second kappa shape index (κ2) is 11.3. The van der Waals surface area contributed by atoms with Crippen molar-refractivity contribution >= 4 is 17.8 Å². The first kappa shape index (κ1) is 25.3. The van der Waals surface area contributed by atoms with Gasteiger partial charge in [0, 0.05) is 25.2 Å². The van der Waals surface area contributed by atoms with E-state index >= 15 is 0 Å². The molecule has 9 heteroatoms. The number of nitrogens with two attached hydrogens (primary N) is 1. The number of benzene rings is 2. The molecule has 9 nitrogen and oxygen atoms in total. The molecule has 2 aliphatic rings. The van der Waals surface area contributed by atoms with Crippen LogP contribution in [0.25, 0.3) is 0 Å². The quantitative estimate of drug-likeness (QED) is 0.292. The maximum Gasteiger partial charge on any atom is 0.352 e.